The highest BCUT2D eigenvalue weighted by Crippen LogP contribution is 2.25. The topological polar surface area (TPSA) is 72.7 Å². The van der Waals surface area contributed by atoms with Crippen molar-refractivity contribution in [2.45, 2.75) is 0 Å². The van der Waals surface area contributed by atoms with E-state index in [1.165, 1.54) is 47.2 Å². The standard InChI is InChI=1S/C18H12FN3O3S/c1-25-12-5-2-10(3-6-12)16(23)21-13-9-20-18-22(17(13)24)14-7-4-11(19)8-15(14)26-18/h2-9H,1H3,(H,21,23). The summed E-state index contributed by atoms with van der Waals surface area (Å²) in [6.45, 7) is 0. The van der Waals surface area contributed by atoms with Crippen molar-refractivity contribution in [1.82, 2.24) is 9.38 Å². The first kappa shape index (κ1) is 16.2. The van der Waals surface area contributed by atoms with E-state index in [0.717, 1.165) is 0 Å². The average Bonchev–Trinajstić information content (AvgIpc) is 3.02. The van der Waals surface area contributed by atoms with Crippen molar-refractivity contribution < 1.29 is 13.9 Å². The lowest BCUT2D eigenvalue weighted by molar-refractivity contribution is 0.102. The molecule has 0 spiro atoms. The zero-order valence-corrected chi connectivity index (χ0v) is 14.3. The molecule has 0 aliphatic carbocycles. The molecule has 0 radical (unpaired) electrons. The largest absolute Gasteiger partial charge is 0.497 e. The quantitative estimate of drug-likeness (QED) is 0.601. The van der Waals surface area contributed by atoms with E-state index in [2.05, 4.69) is 10.3 Å². The number of hydrogen-bond donors (Lipinski definition) is 1. The number of halogens is 1. The first-order valence-electron chi connectivity index (χ1n) is 7.62. The van der Waals surface area contributed by atoms with E-state index in [-0.39, 0.29) is 11.5 Å². The molecule has 130 valence electrons. The minimum Gasteiger partial charge on any atom is -0.497 e. The van der Waals surface area contributed by atoms with Crippen molar-refractivity contribution >= 4 is 38.1 Å². The van der Waals surface area contributed by atoms with Gasteiger partial charge in [-0.15, -0.1) is 0 Å². The summed E-state index contributed by atoms with van der Waals surface area (Å²) >= 11 is 1.20. The molecule has 2 heterocycles. The number of nitrogens with zero attached hydrogens (tertiary/aromatic N) is 2. The van der Waals surface area contributed by atoms with Crippen LogP contribution in [0.5, 0.6) is 5.75 Å². The van der Waals surface area contributed by atoms with Gasteiger partial charge in [-0.2, -0.15) is 0 Å². The summed E-state index contributed by atoms with van der Waals surface area (Å²) in [7, 11) is 1.54. The number of rotatable bonds is 3. The zero-order chi connectivity index (χ0) is 18.3. The number of amides is 1. The second kappa shape index (κ2) is 6.23. The third-order valence-electron chi connectivity index (χ3n) is 3.89. The van der Waals surface area contributed by atoms with Gasteiger partial charge < -0.3 is 10.1 Å². The molecular weight excluding hydrogens is 357 g/mol. The first-order chi connectivity index (χ1) is 12.6. The molecule has 1 N–H and O–H groups in total. The third kappa shape index (κ3) is 2.70. The molecule has 4 aromatic rings. The maximum absolute atomic E-state index is 13.4. The second-order valence-corrected chi connectivity index (χ2v) is 6.50. The Balaban J connectivity index is 1.74. The number of fused-ring (bicyclic) bond motifs is 3. The zero-order valence-electron chi connectivity index (χ0n) is 13.5. The summed E-state index contributed by atoms with van der Waals surface area (Å²) < 4.78 is 20.4. The lowest BCUT2D eigenvalue weighted by atomic mass is 10.2. The lowest BCUT2D eigenvalue weighted by Crippen LogP contribution is -2.22. The molecule has 0 atom stereocenters. The molecule has 2 aromatic carbocycles. The van der Waals surface area contributed by atoms with Gasteiger partial charge in [-0.05, 0) is 42.5 Å². The van der Waals surface area contributed by atoms with E-state index in [9.17, 15) is 14.0 Å². The van der Waals surface area contributed by atoms with E-state index in [1.54, 1.807) is 24.3 Å². The van der Waals surface area contributed by atoms with Gasteiger partial charge in [0.2, 0.25) is 0 Å². The molecule has 8 heteroatoms. The number of thiazole rings is 1. The predicted molar refractivity (Wildman–Crippen MR) is 97.8 cm³/mol. The van der Waals surface area contributed by atoms with E-state index in [4.69, 9.17) is 4.74 Å². The Labute approximate surface area is 150 Å². The van der Waals surface area contributed by atoms with Crippen molar-refractivity contribution in [3.63, 3.8) is 0 Å². The van der Waals surface area contributed by atoms with Gasteiger partial charge in [0, 0.05) is 5.56 Å². The van der Waals surface area contributed by atoms with Crippen LogP contribution in [-0.4, -0.2) is 22.4 Å². The van der Waals surface area contributed by atoms with Crippen LogP contribution in [0.2, 0.25) is 0 Å². The molecule has 0 aliphatic heterocycles. The fourth-order valence-corrected chi connectivity index (χ4v) is 3.61. The molecule has 0 saturated carbocycles. The van der Waals surface area contributed by atoms with Crippen LogP contribution in [0.25, 0.3) is 15.2 Å². The molecule has 26 heavy (non-hydrogen) atoms. The number of ether oxygens (including phenoxy) is 1. The molecule has 2 aromatic heterocycles. The molecular formula is C18H12FN3O3S. The number of nitrogens with one attached hydrogen (secondary N) is 1. The van der Waals surface area contributed by atoms with Crippen LogP contribution in [0.15, 0.2) is 53.5 Å². The minimum atomic E-state index is -0.433. The van der Waals surface area contributed by atoms with Gasteiger partial charge in [-0.25, -0.2) is 13.8 Å². The number of carbonyl (C=O) groups is 1. The van der Waals surface area contributed by atoms with Gasteiger partial charge in [-0.1, -0.05) is 11.3 Å². The summed E-state index contributed by atoms with van der Waals surface area (Å²) in [4.78, 5) is 29.8. The summed E-state index contributed by atoms with van der Waals surface area (Å²) in [5.74, 6) is -0.191. The van der Waals surface area contributed by atoms with Crippen molar-refractivity contribution in [1.29, 1.82) is 0 Å². The van der Waals surface area contributed by atoms with Gasteiger partial charge in [0.25, 0.3) is 11.5 Å². The van der Waals surface area contributed by atoms with Gasteiger partial charge >= 0.3 is 0 Å². The minimum absolute atomic E-state index is 0.0485. The van der Waals surface area contributed by atoms with Crippen LogP contribution >= 0.6 is 11.3 Å². The maximum Gasteiger partial charge on any atom is 0.282 e. The van der Waals surface area contributed by atoms with Crippen LogP contribution in [0.3, 0.4) is 0 Å². The van der Waals surface area contributed by atoms with Crippen LogP contribution < -0.4 is 15.6 Å². The van der Waals surface area contributed by atoms with Crippen LogP contribution in [0, 0.1) is 5.82 Å². The molecule has 0 aliphatic rings. The molecule has 0 saturated heterocycles. The van der Waals surface area contributed by atoms with E-state index < -0.39 is 11.5 Å². The Morgan fingerprint density at radius 3 is 2.73 bits per heavy atom. The summed E-state index contributed by atoms with van der Waals surface area (Å²) in [5.41, 5.74) is 0.555. The summed E-state index contributed by atoms with van der Waals surface area (Å²) in [5, 5.41) is 2.58. The summed E-state index contributed by atoms with van der Waals surface area (Å²) in [6, 6.07) is 10.7. The highest BCUT2D eigenvalue weighted by molar-refractivity contribution is 7.23. The number of carbonyl (C=O) groups excluding carboxylic acids is 1. The Bertz CT molecular complexity index is 1200. The normalized spacial score (nSPS) is 11.0. The van der Waals surface area contributed by atoms with Crippen LogP contribution in [-0.2, 0) is 0 Å². The van der Waals surface area contributed by atoms with Crippen LogP contribution in [0.1, 0.15) is 10.4 Å². The molecule has 0 fully saturated rings. The van der Waals surface area contributed by atoms with Gasteiger partial charge in [0.1, 0.15) is 17.3 Å². The lowest BCUT2D eigenvalue weighted by Gasteiger charge is -2.06. The fourth-order valence-electron chi connectivity index (χ4n) is 2.60. The van der Waals surface area contributed by atoms with Crippen molar-refractivity contribution in [3.05, 3.63) is 70.4 Å². The number of anilines is 1. The van der Waals surface area contributed by atoms with Crippen LogP contribution in [0.4, 0.5) is 10.1 Å². The molecule has 0 bridgehead atoms. The van der Waals surface area contributed by atoms with Crippen molar-refractivity contribution in [3.8, 4) is 5.75 Å². The molecule has 6 nitrogen and oxygen atoms in total. The maximum atomic E-state index is 13.4. The molecule has 4 rings (SSSR count). The van der Waals surface area contributed by atoms with Gasteiger partial charge in [0.05, 0.1) is 23.5 Å². The monoisotopic (exact) mass is 369 g/mol. The Morgan fingerprint density at radius 2 is 2.00 bits per heavy atom. The number of methoxy groups -OCH3 is 1. The third-order valence-corrected chi connectivity index (χ3v) is 4.91. The Morgan fingerprint density at radius 1 is 1.23 bits per heavy atom. The average molecular weight is 369 g/mol. The van der Waals surface area contributed by atoms with Crippen molar-refractivity contribution in [2.75, 3.05) is 12.4 Å². The number of hydrogen-bond acceptors (Lipinski definition) is 5. The van der Waals surface area contributed by atoms with E-state index >= 15 is 0 Å². The number of aromatic nitrogens is 2. The molecule has 0 unspecified atom stereocenters. The van der Waals surface area contributed by atoms with Crippen molar-refractivity contribution in [2.24, 2.45) is 0 Å². The SMILES string of the molecule is COc1ccc(C(=O)Nc2cnc3sc4cc(F)ccc4n3c2=O)cc1. The van der Waals surface area contributed by atoms with Gasteiger partial charge in [0.15, 0.2) is 4.96 Å². The van der Waals surface area contributed by atoms with Gasteiger partial charge in [-0.3, -0.25) is 9.59 Å². The summed E-state index contributed by atoms with van der Waals surface area (Å²) in [6.07, 6.45) is 1.31. The fraction of sp³-hybridized carbons (Fsp3) is 0.0556. The highest BCUT2D eigenvalue weighted by Gasteiger charge is 2.14. The Kier molecular flexibility index (Phi) is 3.89. The van der Waals surface area contributed by atoms with E-state index in [1.807, 2.05) is 0 Å². The predicted octanol–water partition coefficient (Wildman–Crippen LogP) is 3.31. The first-order valence-corrected chi connectivity index (χ1v) is 8.44. The molecule has 1 amide bonds. The number of benzene rings is 2. The second-order valence-electron chi connectivity index (χ2n) is 5.49. The smallest absolute Gasteiger partial charge is 0.282 e. The highest BCUT2D eigenvalue weighted by atomic mass is 32.1. The Hall–Kier alpha value is -3.26. The van der Waals surface area contributed by atoms with E-state index in [0.29, 0.717) is 26.5 Å².